The summed E-state index contributed by atoms with van der Waals surface area (Å²) >= 11 is 0. The van der Waals surface area contributed by atoms with Crippen LogP contribution >= 0.6 is 0 Å². The van der Waals surface area contributed by atoms with Crippen molar-refractivity contribution in [2.45, 2.75) is 0 Å². The normalized spacial score (nSPS) is 14.7. The van der Waals surface area contributed by atoms with Crippen molar-refractivity contribution in [2.75, 3.05) is 38.2 Å². The fraction of sp³-hybridized carbons (Fsp3) is 0.238. The Bertz CT molecular complexity index is 815. The second kappa shape index (κ2) is 8.21. The zero-order valence-corrected chi connectivity index (χ0v) is 14.8. The first-order chi connectivity index (χ1) is 12.7. The summed E-state index contributed by atoms with van der Waals surface area (Å²) < 4.78 is 5.18. The molecule has 0 unspecified atom stereocenters. The second-order valence-corrected chi connectivity index (χ2v) is 6.06. The Morgan fingerprint density at radius 3 is 2.27 bits per heavy atom. The summed E-state index contributed by atoms with van der Waals surface area (Å²) in [6.07, 6.45) is 1.65. The molecule has 3 rings (SSSR count). The van der Waals surface area contributed by atoms with Crippen LogP contribution in [0.5, 0.6) is 5.75 Å². The highest BCUT2D eigenvalue weighted by Gasteiger charge is 2.23. The van der Waals surface area contributed by atoms with E-state index in [9.17, 15) is 10.1 Å². The Morgan fingerprint density at radius 1 is 1.04 bits per heavy atom. The molecular weight excluding hydrogens is 326 g/mol. The molecule has 2 aromatic carbocycles. The van der Waals surface area contributed by atoms with Gasteiger partial charge in [0, 0.05) is 31.9 Å². The highest BCUT2D eigenvalue weighted by Crippen LogP contribution is 2.21. The summed E-state index contributed by atoms with van der Waals surface area (Å²) in [5, 5.41) is 9.38. The molecule has 5 heteroatoms. The van der Waals surface area contributed by atoms with Gasteiger partial charge in [0.1, 0.15) is 17.4 Å². The van der Waals surface area contributed by atoms with Crippen molar-refractivity contribution in [3.8, 4) is 11.8 Å². The predicted octanol–water partition coefficient (Wildman–Crippen LogP) is 2.95. The second-order valence-electron chi connectivity index (χ2n) is 6.06. The standard InChI is InChI=1S/C21H21N3O2/c1-26-20-9-7-19(8-10-20)23-11-13-24(14-12-23)21(25)18(16-22)15-17-5-3-2-4-6-17/h2-10,15H,11-14H2,1H3. The number of ether oxygens (including phenoxy) is 1. The lowest BCUT2D eigenvalue weighted by Crippen LogP contribution is -2.49. The maximum absolute atomic E-state index is 12.7. The van der Waals surface area contributed by atoms with E-state index in [0.29, 0.717) is 13.1 Å². The maximum atomic E-state index is 12.7. The minimum absolute atomic E-state index is 0.175. The van der Waals surface area contributed by atoms with Gasteiger partial charge < -0.3 is 14.5 Å². The molecule has 1 fully saturated rings. The summed E-state index contributed by atoms with van der Waals surface area (Å²) in [6.45, 7) is 2.67. The average Bonchev–Trinajstić information content (AvgIpc) is 2.72. The molecule has 1 aliphatic heterocycles. The number of methoxy groups -OCH3 is 1. The molecule has 0 spiro atoms. The van der Waals surface area contributed by atoms with Crippen LogP contribution in [0.1, 0.15) is 5.56 Å². The molecule has 1 heterocycles. The fourth-order valence-corrected chi connectivity index (χ4v) is 2.99. The molecule has 1 saturated heterocycles. The minimum atomic E-state index is -0.203. The van der Waals surface area contributed by atoms with E-state index in [0.717, 1.165) is 30.1 Å². The number of nitrogens with zero attached hydrogens (tertiary/aromatic N) is 3. The number of carbonyl (C=O) groups is 1. The molecule has 0 atom stereocenters. The van der Waals surface area contributed by atoms with E-state index in [1.165, 1.54) is 0 Å². The van der Waals surface area contributed by atoms with Crippen LogP contribution in [0.3, 0.4) is 0 Å². The SMILES string of the molecule is COc1ccc(N2CCN(C(=O)C(C#N)=Cc3ccccc3)CC2)cc1. The van der Waals surface area contributed by atoms with Gasteiger partial charge in [0.2, 0.25) is 0 Å². The molecule has 0 saturated carbocycles. The molecule has 1 aliphatic rings. The number of carbonyl (C=O) groups excluding carboxylic acids is 1. The van der Waals surface area contributed by atoms with Crippen LogP contribution in [0.2, 0.25) is 0 Å². The summed E-state index contributed by atoms with van der Waals surface area (Å²) in [7, 11) is 1.65. The number of rotatable bonds is 4. The summed E-state index contributed by atoms with van der Waals surface area (Å²) in [6, 6.07) is 19.4. The number of benzene rings is 2. The van der Waals surface area contributed by atoms with Crippen LogP contribution in [0.25, 0.3) is 6.08 Å². The number of nitriles is 1. The Hall–Kier alpha value is -3.26. The van der Waals surface area contributed by atoms with E-state index < -0.39 is 0 Å². The lowest BCUT2D eigenvalue weighted by Gasteiger charge is -2.36. The van der Waals surface area contributed by atoms with E-state index >= 15 is 0 Å². The Balaban J connectivity index is 1.64. The molecule has 0 aliphatic carbocycles. The third-order valence-electron chi connectivity index (χ3n) is 4.47. The molecule has 26 heavy (non-hydrogen) atoms. The van der Waals surface area contributed by atoms with Gasteiger partial charge in [0.05, 0.1) is 7.11 Å². The molecule has 1 amide bonds. The average molecular weight is 347 g/mol. The highest BCUT2D eigenvalue weighted by atomic mass is 16.5. The molecule has 2 aromatic rings. The van der Waals surface area contributed by atoms with E-state index in [2.05, 4.69) is 4.90 Å². The molecule has 5 nitrogen and oxygen atoms in total. The molecule has 0 bridgehead atoms. The molecule has 0 radical (unpaired) electrons. The minimum Gasteiger partial charge on any atom is -0.497 e. The first kappa shape index (κ1) is 17.6. The predicted molar refractivity (Wildman–Crippen MR) is 102 cm³/mol. The van der Waals surface area contributed by atoms with E-state index in [1.807, 2.05) is 60.7 Å². The zero-order chi connectivity index (χ0) is 18.4. The van der Waals surface area contributed by atoms with E-state index in [4.69, 9.17) is 4.74 Å². The number of amides is 1. The van der Waals surface area contributed by atoms with Crippen molar-refractivity contribution >= 4 is 17.7 Å². The van der Waals surface area contributed by atoms with Gasteiger partial charge in [0.25, 0.3) is 5.91 Å². The first-order valence-corrected chi connectivity index (χ1v) is 8.56. The van der Waals surface area contributed by atoms with Crippen molar-refractivity contribution in [3.63, 3.8) is 0 Å². The Labute approximate surface area is 153 Å². The lowest BCUT2D eigenvalue weighted by molar-refractivity contribution is -0.126. The Kier molecular flexibility index (Phi) is 5.55. The van der Waals surface area contributed by atoms with Crippen LogP contribution in [0.15, 0.2) is 60.2 Å². The maximum Gasteiger partial charge on any atom is 0.264 e. The van der Waals surface area contributed by atoms with Crippen LogP contribution in [-0.4, -0.2) is 44.1 Å². The van der Waals surface area contributed by atoms with E-state index in [-0.39, 0.29) is 11.5 Å². The number of piperazine rings is 1. The number of anilines is 1. The summed E-state index contributed by atoms with van der Waals surface area (Å²) in [5.41, 5.74) is 2.14. The van der Waals surface area contributed by atoms with Gasteiger partial charge in [-0.1, -0.05) is 30.3 Å². The monoisotopic (exact) mass is 347 g/mol. The van der Waals surface area contributed by atoms with Gasteiger partial charge in [0.15, 0.2) is 0 Å². The van der Waals surface area contributed by atoms with Crippen LogP contribution in [0, 0.1) is 11.3 Å². The molecular formula is C21H21N3O2. The topological polar surface area (TPSA) is 56.6 Å². The first-order valence-electron chi connectivity index (χ1n) is 8.56. The van der Waals surface area contributed by atoms with Crippen LogP contribution in [-0.2, 0) is 4.79 Å². The van der Waals surface area contributed by atoms with Crippen molar-refractivity contribution in [2.24, 2.45) is 0 Å². The fourth-order valence-electron chi connectivity index (χ4n) is 2.99. The molecule has 132 valence electrons. The van der Waals surface area contributed by atoms with E-state index in [1.54, 1.807) is 18.1 Å². The Morgan fingerprint density at radius 2 is 1.69 bits per heavy atom. The third kappa shape index (κ3) is 4.04. The third-order valence-corrected chi connectivity index (χ3v) is 4.47. The van der Waals surface area contributed by atoms with Gasteiger partial charge in [-0.25, -0.2) is 0 Å². The number of hydrogen-bond acceptors (Lipinski definition) is 4. The summed E-state index contributed by atoms with van der Waals surface area (Å²) in [4.78, 5) is 16.6. The van der Waals surface area contributed by atoms with Gasteiger partial charge in [-0.3, -0.25) is 4.79 Å². The van der Waals surface area contributed by atoms with Crippen molar-refractivity contribution < 1.29 is 9.53 Å². The number of hydrogen-bond donors (Lipinski definition) is 0. The van der Waals surface area contributed by atoms with Gasteiger partial charge in [-0.15, -0.1) is 0 Å². The van der Waals surface area contributed by atoms with Gasteiger partial charge in [-0.2, -0.15) is 5.26 Å². The smallest absolute Gasteiger partial charge is 0.264 e. The van der Waals surface area contributed by atoms with Crippen LogP contribution in [0.4, 0.5) is 5.69 Å². The largest absolute Gasteiger partial charge is 0.497 e. The van der Waals surface area contributed by atoms with Gasteiger partial charge in [-0.05, 0) is 35.9 Å². The van der Waals surface area contributed by atoms with Crippen molar-refractivity contribution in [1.29, 1.82) is 5.26 Å². The quantitative estimate of drug-likeness (QED) is 0.630. The van der Waals surface area contributed by atoms with Crippen LogP contribution < -0.4 is 9.64 Å². The molecule has 0 aromatic heterocycles. The lowest BCUT2D eigenvalue weighted by atomic mass is 10.1. The van der Waals surface area contributed by atoms with Crippen molar-refractivity contribution in [1.82, 2.24) is 4.90 Å². The van der Waals surface area contributed by atoms with Gasteiger partial charge >= 0.3 is 0 Å². The summed E-state index contributed by atoms with van der Waals surface area (Å²) in [5.74, 6) is 0.623. The highest BCUT2D eigenvalue weighted by molar-refractivity contribution is 6.01. The molecule has 0 N–H and O–H groups in total. The zero-order valence-electron chi connectivity index (χ0n) is 14.8. The van der Waals surface area contributed by atoms with Crippen molar-refractivity contribution in [3.05, 3.63) is 65.7 Å².